The second-order valence-corrected chi connectivity index (χ2v) is 6.46. The van der Waals surface area contributed by atoms with Crippen LogP contribution in [0, 0.1) is 0 Å². The molecule has 6 nitrogen and oxygen atoms in total. The molecule has 146 valence electrons. The Kier molecular flexibility index (Phi) is 7.46. The second kappa shape index (κ2) is 9.80. The molecule has 0 bridgehead atoms. The van der Waals surface area contributed by atoms with Gasteiger partial charge >= 0.3 is 0 Å². The summed E-state index contributed by atoms with van der Waals surface area (Å²) in [5, 5.41) is 2.93. The van der Waals surface area contributed by atoms with E-state index in [9.17, 15) is 9.59 Å². The first-order valence-corrected chi connectivity index (χ1v) is 9.36. The van der Waals surface area contributed by atoms with E-state index in [1.54, 1.807) is 12.3 Å². The van der Waals surface area contributed by atoms with E-state index in [0.29, 0.717) is 36.0 Å². The van der Waals surface area contributed by atoms with Crippen LogP contribution < -0.4 is 14.8 Å². The zero-order chi connectivity index (χ0) is 19.8. The van der Waals surface area contributed by atoms with Gasteiger partial charge in [0.2, 0.25) is 0 Å². The fourth-order valence-corrected chi connectivity index (χ4v) is 2.54. The van der Waals surface area contributed by atoms with Gasteiger partial charge in [-0.25, -0.2) is 0 Å². The lowest BCUT2D eigenvalue weighted by molar-refractivity contribution is 0.0935. The Morgan fingerprint density at radius 1 is 1.07 bits per heavy atom. The molecule has 0 saturated heterocycles. The van der Waals surface area contributed by atoms with Crippen LogP contribution in [0.5, 0.6) is 11.5 Å². The zero-order valence-corrected chi connectivity index (χ0v) is 16.4. The van der Waals surface area contributed by atoms with Crippen LogP contribution in [0.1, 0.15) is 73.0 Å². The van der Waals surface area contributed by atoms with Crippen molar-refractivity contribution >= 4 is 11.7 Å². The van der Waals surface area contributed by atoms with Gasteiger partial charge in [0.15, 0.2) is 17.3 Å². The maximum atomic E-state index is 12.4. The molecule has 0 fully saturated rings. The van der Waals surface area contributed by atoms with Gasteiger partial charge in [0, 0.05) is 11.8 Å². The predicted octanol–water partition coefficient (Wildman–Crippen LogP) is 4.29. The number of aromatic amines is 1. The lowest BCUT2D eigenvalue weighted by atomic mass is 10.1. The van der Waals surface area contributed by atoms with Gasteiger partial charge in [-0.05, 0) is 50.5 Å². The summed E-state index contributed by atoms with van der Waals surface area (Å²) in [7, 11) is 0. The molecule has 1 heterocycles. The molecular weight excluding hydrogens is 344 g/mol. The van der Waals surface area contributed by atoms with Crippen molar-refractivity contribution in [3.63, 3.8) is 0 Å². The van der Waals surface area contributed by atoms with Gasteiger partial charge in [-0.1, -0.05) is 19.9 Å². The van der Waals surface area contributed by atoms with Crippen molar-refractivity contribution in [1.29, 1.82) is 0 Å². The summed E-state index contributed by atoms with van der Waals surface area (Å²) in [5.74, 6) is 1.04. The van der Waals surface area contributed by atoms with Gasteiger partial charge in [0.05, 0.1) is 19.3 Å². The van der Waals surface area contributed by atoms with Crippen LogP contribution in [-0.4, -0.2) is 29.9 Å². The summed E-state index contributed by atoms with van der Waals surface area (Å²) in [6.45, 7) is 8.69. The molecule has 0 unspecified atom stereocenters. The van der Waals surface area contributed by atoms with E-state index in [-0.39, 0.29) is 17.7 Å². The molecule has 1 amide bonds. The number of carbonyl (C=O) groups is 2. The second-order valence-electron chi connectivity index (χ2n) is 6.46. The van der Waals surface area contributed by atoms with Gasteiger partial charge in [0.25, 0.3) is 5.91 Å². The van der Waals surface area contributed by atoms with Crippen LogP contribution in [0.4, 0.5) is 0 Å². The van der Waals surface area contributed by atoms with Crippen molar-refractivity contribution in [3.05, 3.63) is 47.3 Å². The molecule has 0 radical (unpaired) electrons. The van der Waals surface area contributed by atoms with Gasteiger partial charge in [-0.15, -0.1) is 0 Å². The highest BCUT2D eigenvalue weighted by Gasteiger charge is 2.16. The topological polar surface area (TPSA) is 80.4 Å². The third kappa shape index (κ3) is 5.61. The lowest BCUT2D eigenvalue weighted by Gasteiger charge is -2.18. The minimum absolute atomic E-state index is 0.0845. The van der Waals surface area contributed by atoms with Gasteiger partial charge in [-0.3, -0.25) is 9.59 Å². The average molecular weight is 372 g/mol. The van der Waals surface area contributed by atoms with Gasteiger partial charge < -0.3 is 19.8 Å². The van der Waals surface area contributed by atoms with Crippen LogP contribution in [-0.2, 0) is 0 Å². The predicted molar refractivity (Wildman–Crippen MR) is 105 cm³/mol. The number of H-pyrrole nitrogens is 1. The van der Waals surface area contributed by atoms with Crippen LogP contribution in [0.3, 0.4) is 0 Å². The third-order valence-corrected chi connectivity index (χ3v) is 4.07. The summed E-state index contributed by atoms with van der Waals surface area (Å²) in [6, 6.07) is 7.03. The zero-order valence-electron chi connectivity index (χ0n) is 16.4. The highest BCUT2D eigenvalue weighted by molar-refractivity contribution is 5.99. The quantitative estimate of drug-likeness (QED) is 0.610. The number of carbonyl (C=O) groups excluding carboxylic acids is 2. The number of rotatable bonds is 10. The first-order valence-electron chi connectivity index (χ1n) is 9.36. The monoisotopic (exact) mass is 372 g/mol. The van der Waals surface area contributed by atoms with Crippen molar-refractivity contribution in [1.82, 2.24) is 10.3 Å². The SMILES string of the molecule is CCCOc1ccc([C@@H](C)NC(=O)c2cc(C(C)=O)c[nH]2)cc1OCCC. The van der Waals surface area contributed by atoms with E-state index in [1.165, 1.54) is 6.92 Å². The minimum atomic E-state index is -0.266. The standard InChI is InChI=1S/C21H28N2O4/c1-5-9-26-19-8-7-16(12-20(19)27-10-6-2)14(3)23-21(25)18-11-17(13-22-18)15(4)24/h7-8,11-14,22H,5-6,9-10H2,1-4H3,(H,23,25)/t14-/m1/s1. The highest BCUT2D eigenvalue weighted by atomic mass is 16.5. The number of aromatic nitrogens is 1. The Morgan fingerprint density at radius 3 is 2.33 bits per heavy atom. The number of ketones is 1. The van der Waals surface area contributed by atoms with Crippen molar-refractivity contribution in [2.45, 2.75) is 46.6 Å². The molecule has 0 saturated carbocycles. The van der Waals surface area contributed by atoms with E-state index >= 15 is 0 Å². The summed E-state index contributed by atoms with van der Waals surface area (Å²) >= 11 is 0. The van der Waals surface area contributed by atoms with E-state index in [1.807, 2.05) is 32.0 Å². The Hall–Kier alpha value is -2.76. The molecule has 1 atom stereocenters. The molecule has 1 aromatic heterocycles. The smallest absolute Gasteiger partial charge is 0.268 e. The Balaban J connectivity index is 2.12. The number of hydrogen-bond donors (Lipinski definition) is 2. The van der Waals surface area contributed by atoms with Gasteiger partial charge in [-0.2, -0.15) is 0 Å². The van der Waals surface area contributed by atoms with Crippen LogP contribution in [0.2, 0.25) is 0 Å². The summed E-state index contributed by atoms with van der Waals surface area (Å²) < 4.78 is 11.6. The van der Waals surface area contributed by atoms with Crippen LogP contribution in [0.25, 0.3) is 0 Å². The summed E-state index contributed by atoms with van der Waals surface area (Å²) in [6.07, 6.45) is 3.35. The number of ether oxygens (including phenoxy) is 2. The summed E-state index contributed by atoms with van der Waals surface area (Å²) in [4.78, 5) is 26.6. The van der Waals surface area contributed by atoms with E-state index < -0.39 is 0 Å². The van der Waals surface area contributed by atoms with Gasteiger partial charge in [0.1, 0.15) is 5.69 Å². The minimum Gasteiger partial charge on any atom is -0.490 e. The van der Waals surface area contributed by atoms with Crippen molar-refractivity contribution in [3.8, 4) is 11.5 Å². The van der Waals surface area contributed by atoms with Crippen LogP contribution in [0.15, 0.2) is 30.5 Å². The number of amides is 1. The average Bonchev–Trinajstić information content (AvgIpc) is 3.15. The normalized spacial score (nSPS) is 11.7. The molecule has 0 aliphatic carbocycles. The maximum Gasteiger partial charge on any atom is 0.268 e. The largest absolute Gasteiger partial charge is 0.490 e. The van der Waals surface area contributed by atoms with Crippen molar-refractivity contribution in [2.75, 3.05) is 13.2 Å². The number of Topliss-reactive ketones (excluding diaryl/α,β-unsaturated/α-hetero) is 1. The molecule has 1 aromatic carbocycles. The maximum absolute atomic E-state index is 12.4. The molecular formula is C21H28N2O4. The van der Waals surface area contributed by atoms with E-state index in [4.69, 9.17) is 9.47 Å². The molecule has 2 rings (SSSR count). The first kappa shape index (κ1) is 20.6. The highest BCUT2D eigenvalue weighted by Crippen LogP contribution is 2.31. The molecule has 0 spiro atoms. The molecule has 27 heavy (non-hydrogen) atoms. The summed E-state index contributed by atoms with van der Waals surface area (Å²) in [5.41, 5.74) is 1.76. The molecule has 0 aliphatic heterocycles. The molecule has 2 aromatic rings. The molecule has 6 heteroatoms. The Morgan fingerprint density at radius 2 is 1.74 bits per heavy atom. The molecule has 2 N–H and O–H groups in total. The number of benzene rings is 1. The third-order valence-electron chi connectivity index (χ3n) is 4.07. The number of nitrogens with one attached hydrogen (secondary N) is 2. The first-order chi connectivity index (χ1) is 13.0. The molecule has 0 aliphatic rings. The van der Waals surface area contributed by atoms with E-state index in [2.05, 4.69) is 17.2 Å². The van der Waals surface area contributed by atoms with Crippen molar-refractivity contribution in [2.24, 2.45) is 0 Å². The lowest BCUT2D eigenvalue weighted by Crippen LogP contribution is -2.27. The Bertz CT molecular complexity index is 782. The fraction of sp³-hybridized carbons (Fsp3) is 0.429. The Labute approximate surface area is 160 Å². The number of hydrogen-bond acceptors (Lipinski definition) is 4. The van der Waals surface area contributed by atoms with Crippen molar-refractivity contribution < 1.29 is 19.1 Å². The van der Waals surface area contributed by atoms with Crippen LogP contribution >= 0.6 is 0 Å². The van der Waals surface area contributed by atoms with E-state index in [0.717, 1.165) is 18.4 Å². The fourth-order valence-electron chi connectivity index (χ4n) is 2.54.